The number of ether oxygens (including phenoxy) is 1. The van der Waals surface area contributed by atoms with E-state index in [0.29, 0.717) is 5.75 Å². The molecule has 8 heteroatoms. The molecule has 0 saturated heterocycles. The van der Waals surface area contributed by atoms with Gasteiger partial charge in [0.15, 0.2) is 6.61 Å². The van der Waals surface area contributed by atoms with Gasteiger partial charge in [-0.2, -0.15) is 0 Å². The minimum atomic E-state index is -3.63. The third kappa shape index (κ3) is 4.68. The zero-order chi connectivity index (χ0) is 20.1. The molecule has 144 valence electrons. The van der Waals surface area contributed by atoms with E-state index in [1.165, 1.54) is 48.5 Å². The van der Waals surface area contributed by atoms with Crippen molar-refractivity contribution in [1.82, 2.24) is 0 Å². The van der Waals surface area contributed by atoms with Gasteiger partial charge in [-0.3, -0.25) is 4.79 Å². The van der Waals surface area contributed by atoms with Gasteiger partial charge in [0.1, 0.15) is 11.6 Å². The molecule has 0 atom stereocenters. The van der Waals surface area contributed by atoms with E-state index in [1.807, 2.05) is 0 Å². The van der Waals surface area contributed by atoms with Crippen molar-refractivity contribution in [2.75, 3.05) is 11.9 Å². The van der Waals surface area contributed by atoms with Gasteiger partial charge in [-0.15, -0.1) is 0 Å². The second kappa shape index (κ2) is 8.41. The number of halogens is 2. The highest BCUT2D eigenvalue weighted by Crippen LogP contribution is 2.23. The molecule has 3 rings (SSSR count). The highest BCUT2D eigenvalue weighted by molar-refractivity contribution is 7.91. The molecule has 0 fully saturated rings. The van der Waals surface area contributed by atoms with E-state index >= 15 is 0 Å². The summed E-state index contributed by atoms with van der Waals surface area (Å²) < 4.78 is 44.0. The third-order valence-corrected chi connectivity index (χ3v) is 5.78. The third-order valence-electron chi connectivity index (χ3n) is 3.76. The number of nitrogens with one attached hydrogen (secondary N) is 1. The van der Waals surface area contributed by atoms with Gasteiger partial charge in [0.05, 0.1) is 15.5 Å². The number of amides is 1. The summed E-state index contributed by atoms with van der Waals surface area (Å²) in [5.74, 6) is -0.899. The first-order valence-electron chi connectivity index (χ1n) is 8.14. The highest BCUT2D eigenvalue weighted by atomic mass is 35.5. The molecule has 0 aliphatic carbocycles. The standard InChI is InChI=1S/C20H15ClFNO4S/c21-14-6-11-18(22)19(12-14)23-20(24)13-27-15-7-9-17(10-8-15)28(25,26)16-4-2-1-3-5-16/h1-12H,13H2,(H,23,24). The maximum Gasteiger partial charge on any atom is 0.262 e. The second-order valence-corrected chi connectivity index (χ2v) is 8.14. The van der Waals surface area contributed by atoms with E-state index in [2.05, 4.69) is 5.32 Å². The van der Waals surface area contributed by atoms with Crippen LogP contribution in [0, 0.1) is 5.82 Å². The van der Waals surface area contributed by atoms with Crippen molar-refractivity contribution >= 4 is 33.0 Å². The van der Waals surface area contributed by atoms with Gasteiger partial charge < -0.3 is 10.1 Å². The second-order valence-electron chi connectivity index (χ2n) is 5.75. The summed E-state index contributed by atoms with van der Waals surface area (Å²) >= 11 is 5.77. The van der Waals surface area contributed by atoms with E-state index in [1.54, 1.807) is 18.2 Å². The Morgan fingerprint density at radius 1 is 0.964 bits per heavy atom. The average molecular weight is 420 g/mol. The lowest BCUT2D eigenvalue weighted by Crippen LogP contribution is -2.20. The van der Waals surface area contributed by atoms with Crippen LogP contribution in [0.5, 0.6) is 5.75 Å². The lowest BCUT2D eigenvalue weighted by Gasteiger charge is -2.09. The van der Waals surface area contributed by atoms with Gasteiger partial charge >= 0.3 is 0 Å². The van der Waals surface area contributed by atoms with Crippen molar-refractivity contribution in [2.45, 2.75) is 9.79 Å². The Morgan fingerprint density at radius 2 is 1.61 bits per heavy atom. The summed E-state index contributed by atoms with van der Waals surface area (Å²) in [5, 5.41) is 2.64. The van der Waals surface area contributed by atoms with Crippen LogP contribution in [0.4, 0.5) is 10.1 Å². The van der Waals surface area contributed by atoms with Crippen LogP contribution in [-0.4, -0.2) is 20.9 Å². The average Bonchev–Trinajstić information content (AvgIpc) is 2.70. The predicted molar refractivity (Wildman–Crippen MR) is 104 cm³/mol. The molecule has 0 aliphatic heterocycles. The van der Waals surface area contributed by atoms with Crippen LogP contribution in [0.15, 0.2) is 82.6 Å². The molecule has 0 aromatic heterocycles. The van der Waals surface area contributed by atoms with Crippen LogP contribution in [0.1, 0.15) is 0 Å². The number of hydrogen-bond donors (Lipinski definition) is 1. The lowest BCUT2D eigenvalue weighted by molar-refractivity contribution is -0.118. The molecule has 1 N–H and O–H groups in total. The van der Waals surface area contributed by atoms with Gasteiger partial charge in [-0.05, 0) is 54.6 Å². The fourth-order valence-electron chi connectivity index (χ4n) is 2.38. The number of rotatable bonds is 6. The maximum absolute atomic E-state index is 13.6. The minimum Gasteiger partial charge on any atom is -0.484 e. The maximum atomic E-state index is 13.6. The molecule has 1 amide bonds. The number of carbonyl (C=O) groups excluding carboxylic acids is 1. The van der Waals surface area contributed by atoms with E-state index in [0.717, 1.165) is 6.07 Å². The molecular formula is C20H15ClFNO4S. The molecule has 28 heavy (non-hydrogen) atoms. The number of anilines is 1. The number of hydrogen-bond acceptors (Lipinski definition) is 4. The SMILES string of the molecule is O=C(COc1ccc(S(=O)(=O)c2ccccc2)cc1)Nc1cc(Cl)ccc1F. The molecule has 3 aromatic rings. The molecule has 0 radical (unpaired) electrons. The normalized spacial score (nSPS) is 11.1. The summed E-state index contributed by atoms with van der Waals surface area (Å²) in [6.45, 7) is -0.378. The topological polar surface area (TPSA) is 72.5 Å². The Kier molecular flexibility index (Phi) is 5.96. The highest BCUT2D eigenvalue weighted by Gasteiger charge is 2.17. The molecule has 0 spiro atoms. The number of sulfone groups is 1. The molecule has 0 heterocycles. The van der Waals surface area contributed by atoms with Crippen LogP contribution in [0.3, 0.4) is 0 Å². The summed E-state index contributed by atoms with van der Waals surface area (Å²) in [6.07, 6.45) is 0. The zero-order valence-corrected chi connectivity index (χ0v) is 16.0. The summed E-state index contributed by atoms with van der Waals surface area (Å²) in [5.41, 5.74) is -0.0506. The molecule has 3 aromatic carbocycles. The Labute approximate surface area is 166 Å². The minimum absolute atomic E-state index is 0.0506. The molecule has 0 bridgehead atoms. The van der Waals surface area contributed by atoms with Gasteiger partial charge in [0.2, 0.25) is 9.84 Å². The fourth-order valence-corrected chi connectivity index (χ4v) is 3.83. The lowest BCUT2D eigenvalue weighted by atomic mass is 10.3. The van der Waals surface area contributed by atoms with E-state index in [4.69, 9.17) is 16.3 Å². The van der Waals surface area contributed by atoms with E-state index in [9.17, 15) is 17.6 Å². The van der Waals surface area contributed by atoms with Crippen molar-refractivity contribution in [2.24, 2.45) is 0 Å². The molecule has 0 aliphatic rings. The smallest absolute Gasteiger partial charge is 0.262 e. The van der Waals surface area contributed by atoms with Crippen LogP contribution in [-0.2, 0) is 14.6 Å². The van der Waals surface area contributed by atoms with Crippen molar-refractivity contribution in [1.29, 1.82) is 0 Å². The van der Waals surface area contributed by atoms with Crippen LogP contribution in [0.2, 0.25) is 5.02 Å². The predicted octanol–water partition coefficient (Wildman–Crippen LogP) is 4.33. The van der Waals surface area contributed by atoms with Gasteiger partial charge in [0.25, 0.3) is 5.91 Å². The summed E-state index contributed by atoms with van der Waals surface area (Å²) in [4.78, 5) is 12.2. The summed E-state index contributed by atoms with van der Waals surface area (Å²) in [7, 11) is -3.63. The van der Waals surface area contributed by atoms with E-state index in [-0.39, 0.29) is 27.1 Å². The molecule has 0 unspecified atom stereocenters. The Morgan fingerprint density at radius 3 is 2.29 bits per heavy atom. The van der Waals surface area contributed by atoms with Gasteiger partial charge in [0, 0.05) is 5.02 Å². The summed E-state index contributed by atoms with van der Waals surface area (Å²) in [6, 6.07) is 17.5. The van der Waals surface area contributed by atoms with Crippen molar-refractivity contribution < 1.29 is 22.3 Å². The van der Waals surface area contributed by atoms with E-state index < -0.39 is 21.6 Å². The first-order chi connectivity index (χ1) is 13.4. The Balaban J connectivity index is 1.63. The van der Waals surface area contributed by atoms with Crippen molar-refractivity contribution in [3.05, 3.63) is 83.6 Å². The monoisotopic (exact) mass is 419 g/mol. The largest absolute Gasteiger partial charge is 0.484 e. The van der Waals surface area contributed by atoms with Crippen LogP contribution >= 0.6 is 11.6 Å². The van der Waals surface area contributed by atoms with Gasteiger partial charge in [-0.25, -0.2) is 12.8 Å². The first kappa shape index (κ1) is 19.9. The van der Waals surface area contributed by atoms with Crippen LogP contribution < -0.4 is 10.1 Å². The first-order valence-corrected chi connectivity index (χ1v) is 10.0. The van der Waals surface area contributed by atoms with Gasteiger partial charge in [-0.1, -0.05) is 29.8 Å². The van der Waals surface area contributed by atoms with Crippen molar-refractivity contribution in [3.8, 4) is 5.75 Å². The quantitative estimate of drug-likeness (QED) is 0.645. The van der Waals surface area contributed by atoms with Crippen LogP contribution in [0.25, 0.3) is 0 Å². The molecule has 0 saturated carbocycles. The molecule has 5 nitrogen and oxygen atoms in total. The number of benzene rings is 3. The van der Waals surface area contributed by atoms with Crippen molar-refractivity contribution in [3.63, 3.8) is 0 Å². The fraction of sp³-hybridized carbons (Fsp3) is 0.0500. The number of carbonyl (C=O) groups is 1. The Bertz CT molecular complexity index is 1090. The molecular weight excluding hydrogens is 405 g/mol. The zero-order valence-electron chi connectivity index (χ0n) is 14.4. The Hall–Kier alpha value is -2.90.